The van der Waals surface area contributed by atoms with Gasteiger partial charge in [0.2, 0.25) is 5.91 Å². The summed E-state index contributed by atoms with van der Waals surface area (Å²) in [5.74, 6) is 2.18. The lowest BCUT2D eigenvalue weighted by molar-refractivity contribution is -0.120. The normalized spacial score (nSPS) is 16.4. The third-order valence-electron chi connectivity index (χ3n) is 4.92. The SMILES string of the molecule is CCOc1ccc(NC(=O)C2CCCN(c3ccc(-n4cccn4)nn3)C2)cc1. The Morgan fingerprint density at radius 3 is 2.66 bits per heavy atom. The molecule has 4 rings (SSSR count). The number of aromatic nitrogens is 4. The van der Waals surface area contributed by atoms with E-state index in [2.05, 4.69) is 25.5 Å². The Morgan fingerprint density at radius 1 is 1.17 bits per heavy atom. The van der Waals surface area contributed by atoms with Crippen molar-refractivity contribution in [3.05, 3.63) is 54.9 Å². The highest BCUT2D eigenvalue weighted by Gasteiger charge is 2.27. The van der Waals surface area contributed by atoms with Gasteiger partial charge in [0.05, 0.1) is 12.5 Å². The zero-order valence-electron chi connectivity index (χ0n) is 16.4. The van der Waals surface area contributed by atoms with Crippen molar-refractivity contribution >= 4 is 17.4 Å². The van der Waals surface area contributed by atoms with Crippen molar-refractivity contribution < 1.29 is 9.53 Å². The lowest BCUT2D eigenvalue weighted by atomic mass is 9.97. The largest absolute Gasteiger partial charge is 0.494 e. The predicted octanol–water partition coefficient (Wildman–Crippen LogP) is 2.92. The molecule has 1 atom stereocenters. The fraction of sp³-hybridized carbons (Fsp3) is 0.333. The van der Waals surface area contributed by atoms with Gasteiger partial charge in [-0.1, -0.05) is 0 Å². The molecule has 150 valence electrons. The van der Waals surface area contributed by atoms with Crippen molar-refractivity contribution in [2.24, 2.45) is 5.92 Å². The zero-order valence-corrected chi connectivity index (χ0v) is 16.4. The van der Waals surface area contributed by atoms with Gasteiger partial charge in [0.25, 0.3) is 0 Å². The number of hydrogen-bond acceptors (Lipinski definition) is 6. The molecule has 1 saturated heterocycles. The van der Waals surface area contributed by atoms with E-state index in [-0.39, 0.29) is 11.8 Å². The molecule has 1 unspecified atom stereocenters. The highest BCUT2D eigenvalue weighted by Crippen LogP contribution is 2.23. The van der Waals surface area contributed by atoms with Gasteiger partial charge in [-0.2, -0.15) is 5.10 Å². The van der Waals surface area contributed by atoms with Crippen LogP contribution in [0, 0.1) is 5.92 Å². The van der Waals surface area contributed by atoms with Crippen molar-refractivity contribution in [1.29, 1.82) is 0 Å². The number of piperidine rings is 1. The number of hydrogen-bond donors (Lipinski definition) is 1. The van der Waals surface area contributed by atoms with Gasteiger partial charge in [-0.15, -0.1) is 10.2 Å². The zero-order chi connectivity index (χ0) is 20.1. The minimum absolute atomic E-state index is 0.0278. The number of amides is 1. The fourth-order valence-electron chi connectivity index (χ4n) is 3.46. The van der Waals surface area contributed by atoms with Gasteiger partial charge < -0.3 is 15.0 Å². The molecule has 1 amide bonds. The van der Waals surface area contributed by atoms with E-state index in [1.165, 1.54) is 0 Å². The Bertz CT molecular complexity index is 925. The molecule has 0 aliphatic carbocycles. The van der Waals surface area contributed by atoms with E-state index < -0.39 is 0 Å². The molecule has 1 aliphatic rings. The van der Waals surface area contributed by atoms with Gasteiger partial charge >= 0.3 is 0 Å². The molecule has 8 heteroatoms. The second kappa shape index (κ2) is 8.72. The summed E-state index contributed by atoms with van der Waals surface area (Å²) in [6.07, 6.45) is 5.32. The van der Waals surface area contributed by atoms with Crippen LogP contribution in [0.1, 0.15) is 19.8 Å². The minimum atomic E-state index is -0.0945. The number of nitrogens with one attached hydrogen (secondary N) is 1. The first kappa shape index (κ1) is 18.9. The average molecular weight is 392 g/mol. The fourth-order valence-corrected chi connectivity index (χ4v) is 3.46. The highest BCUT2D eigenvalue weighted by molar-refractivity contribution is 5.93. The summed E-state index contributed by atoms with van der Waals surface area (Å²) in [5, 5.41) is 15.8. The summed E-state index contributed by atoms with van der Waals surface area (Å²) in [5.41, 5.74) is 0.777. The molecule has 0 radical (unpaired) electrons. The maximum Gasteiger partial charge on any atom is 0.229 e. The average Bonchev–Trinajstić information content (AvgIpc) is 3.30. The number of ether oxygens (including phenoxy) is 1. The molecule has 3 aromatic rings. The molecule has 0 saturated carbocycles. The van der Waals surface area contributed by atoms with Crippen LogP contribution in [0.15, 0.2) is 54.9 Å². The summed E-state index contributed by atoms with van der Waals surface area (Å²) in [7, 11) is 0. The first-order valence-electron chi connectivity index (χ1n) is 9.85. The van der Waals surface area contributed by atoms with Gasteiger partial charge in [-0.3, -0.25) is 4.79 Å². The summed E-state index contributed by atoms with van der Waals surface area (Å²) in [4.78, 5) is 14.9. The summed E-state index contributed by atoms with van der Waals surface area (Å²) in [6, 6.07) is 13.1. The van der Waals surface area contributed by atoms with Gasteiger partial charge in [-0.25, -0.2) is 4.68 Å². The molecule has 2 aromatic heterocycles. The van der Waals surface area contributed by atoms with Crippen molar-refractivity contribution in [2.75, 3.05) is 29.9 Å². The van der Waals surface area contributed by atoms with Gasteiger partial charge in [0, 0.05) is 31.2 Å². The molecule has 1 aliphatic heterocycles. The Balaban J connectivity index is 1.38. The van der Waals surface area contributed by atoms with Gasteiger partial charge in [0.1, 0.15) is 5.75 Å². The maximum atomic E-state index is 12.7. The van der Waals surface area contributed by atoms with Crippen LogP contribution in [0.2, 0.25) is 0 Å². The number of carbonyl (C=O) groups is 1. The van der Waals surface area contributed by atoms with Crippen LogP contribution in [-0.4, -0.2) is 45.6 Å². The van der Waals surface area contributed by atoms with Crippen molar-refractivity contribution in [3.8, 4) is 11.6 Å². The molecular weight excluding hydrogens is 368 g/mol. The van der Waals surface area contributed by atoms with Crippen LogP contribution in [0.25, 0.3) is 5.82 Å². The van der Waals surface area contributed by atoms with Crippen LogP contribution < -0.4 is 15.0 Å². The van der Waals surface area contributed by atoms with Crippen LogP contribution in [0.5, 0.6) is 5.75 Å². The smallest absolute Gasteiger partial charge is 0.229 e. The Labute approximate surface area is 169 Å². The van der Waals surface area contributed by atoms with Gasteiger partial charge in [0.15, 0.2) is 11.6 Å². The number of nitrogens with zero attached hydrogens (tertiary/aromatic N) is 5. The maximum absolute atomic E-state index is 12.7. The van der Waals surface area contributed by atoms with Gasteiger partial charge in [-0.05, 0) is 62.2 Å². The number of benzene rings is 1. The number of carbonyl (C=O) groups excluding carboxylic acids is 1. The molecule has 0 bridgehead atoms. The molecule has 1 fully saturated rings. The van der Waals surface area contributed by atoms with Crippen molar-refractivity contribution in [3.63, 3.8) is 0 Å². The third-order valence-corrected chi connectivity index (χ3v) is 4.92. The second-order valence-corrected chi connectivity index (χ2v) is 6.93. The monoisotopic (exact) mass is 392 g/mol. The summed E-state index contributed by atoms with van der Waals surface area (Å²) in [6.45, 7) is 4.05. The lowest BCUT2D eigenvalue weighted by Gasteiger charge is -2.32. The molecule has 3 heterocycles. The Hall–Kier alpha value is -3.42. The van der Waals surface area contributed by atoms with E-state index in [1.54, 1.807) is 10.9 Å². The van der Waals surface area contributed by atoms with Crippen molar-refractivity contribution in [1.82, 2.24) is 20.0 Å². The van der Waals surface area contributed by atoms with Crippen LogP contribution in [0.3, 0.4) is 0 Å². The third kappa shape index (κ3) is 4.53. The molecule has 0 spiro atoms. The highest BCUT2D eigenvalue weighted by atomic mass is 16.5. The van der Waals surface area contributed by atoms with Crippen LogP contribution >= 0.6 is 0 Å². The first-order valence-corrected chi connectivity index (χ1v) is 9.85. The standard InChI is InChI=1S/C21H24N6O2/c1-2-29-18-8-6-17(7-9-18)23-21(28)16-5-3-13-26(15-16)19-10-11-20(25-24-19)27-14-4-12-22-27/h4,6-12,14,16H,2-3,5,13,15H2,1H3,(H,23,28). The quantitative estimate of drug-likeness (QED) is 0.694. The van der Waals surface area contributed by atoms with E-state index in [0.717, 1.165) is 36.6 Å². The van der Waals surface area contributed by atoms with Crippen LogP contribution in [-0.2, 0) is 4.79 Å². The first-order chi connectivity index (χ1) is 14.2. The van der Waals surface area contributed by atoms with E-state index in [9.17, 15) is 4.79 Å². The van der Waals surface area contributed by atoms with Crippen LogP contribution in [0.4, 0.5) is 11.5 Å². The van der Waals surface area contributed by atoms with E-state index in [1.807, 2.05) is 55.6 Å². The Morgan fingerprint density at radius 2 is 1.97 bits per heavy atom. The van der Waals surface area contributed by atoms with E-state index >= 15 is 0 Å². The lowest BCUT2D eigenvalue weighted by Crippen LogP contribution is -2.41. The molecule has 1 N–H and O–H groups in total. The number of anilines is 2. The molecule has 1 aromatic carbocycles. The predicted molar refractivity (Wildman–Crippen MR) is 110 cm³/mol. The Kier molecular flexibility index (Phi) is 5.69. The second-order valence-electron chi connectivity index (χ2n) is 6.93. The topological polar surface area (TPSA) is 85.2 Å². The summed E-state index contributed by atoms with van der Waals surface area (Å²) >= 11 is 0. The molecule has 8 nitrogen and oxygen atoms in total. The summed E-state index contributed by atoms with van der Waals surface area (Å²) < 4.78 is 7.11. The molecular formula is C21H24N6O2. The van der Waals surface area contributed by atoms with Crippen molar-refractivity contribution in [2.45, 2.75) is 19.8 Å². The number of rotatable bonds is 6. The van der Waals surface area contributed by atoms with E-state index in [0.29, 0.717) is 19.0 Å². The minimum Gasteiger partial charge on any atom is -0.494 e. The van der Waals surface area contributed by atoms with E-state index in [4.69, 9.17) is 4.74 Å². The molecule has 29 heavy (non-hydrogen) atoms.